The Balaban J connectivity index is 1.60. The van der Waals surface area contributed by atoms with Crippen LogP contribution in [0.5, 0.6) is 23.0 Å². The molecule has 0 atom stereocenters. The summed E-state index contributed by atoms with van der Waals surface area (Å²) in [6.07, 6.45) is 10.1. The first kappa shape index (κ1) is 55.5. The third kappa shape index (κ3) is 14.5. The summed E-state index contributed by atoms with van der Waals surface area (Å²) >= 11 is 0. The molecule has 76 heavy (non-hydrogen) atoms. The van der Waals surface area contributed by atoms with E-state index in [0.717, 1.165) is 73.6 Å². The molecule has 4 N–H and O–H groups in total. The van der Waals surface area contributed by atoms with Gasteiger partial charge in [0, 0.05) is 34.5 Å². The molecule has 6 aromatic carbocycles. The summed E-state index contributed by atoms with van der Waals surface area (Å²) in [4.78, 5) is 79.5. The van der Waals surface area contributed by atoms with Gasteiger partial charge in [0.1, 0.15) is 23.0 Å². The number of hydrogen-bond acceptors (Lipinski definition) is 10. The molecule has 7 rings (SSSR count). The molecule has 0 radical (unpaired) electrons. The van der Waals surface area contributed by atoms with E-state index in [9.17, 15) is 19.2 Å². The van der Waals surface area contributed by atoms with Gasteiger partial charge < -0.3 is 38.9 Å². The summed E-state index contributed by atoms with van der Waals surface area (Å²) in [5, 5.41) is 2.31. The molecule has 0 aliphatic rings. The molecule has 0 unspecified atom stereocenters. The van der Waals surface area contributed by atoms with E-state index in [4.69, 9.17) is 28.9 Å². The Hall–Kier alpha value is -8.26. The lowest BCUT2D eigenvalue weighted by Gasteiger charge is -2.07. The molecule has 396 valence electrons. The highest BCUT2D eigenvalue weighted by Gasteiger charge is 2.09. The monoisotopic (exact) mass is 1030 g/mol. The van der Waals surface area contributed by atoms with Crippen molar-refractivity contribution in [2.75, 3.05) is 26.4 Å². The second kappa shape index (κ2) is 26.8. The minimum Gasteiger partial charge on any atom is -0.493 e. The van der Waals surface area contributed by atoms with Gasteiger partial charge in [0.05, 0.1) is 59.0 Å². The minimum atomic E-state index is -0.432. The molecule has 0 fully saturated rings. The molecule has 14 nitrogen and oxygen atoms in total. The van der Waals surface area contributed by atoms with Gasteiger partial charge in [-0.05, 0) is 171 Å². The van der Waals surface area contributed by atoms with E-state index < -0.39 is 22.2 Å². The van der Waals surface area contributed by atoms with Crippen LogP contribution in [0.4, 0.5) is 0 Å². The molecule has 1 heterocycles. The number of aryl methyl sites for hydroxylation is 4. The fourth-order valence-corrected chi connectivity index (χ4v) is 8.27. The summed E-state index contributed by atoms with van der Waals surface area (Å²) in [5.74, 6) is 1.59. The summed E-state index contributed by atoms with van der Waals surface area (Å²) in [6.45, 7) is 17.5. The maximum Gasteiger partial charge on any atom is 0.259 e. The molecule has 1 aromatic heterocycles. The number of fused-ring (bicyclic) bond motifs is 12. The number of benzene rings is 6. The molecule has 7 aromatic rings. The first-order chi connectivity index (χ1) is 36.8. The third-order valence-electron chi connectivity index (χ3n) is 12.8. The zero-order chi connectivity index (χ0) is 54.1. The maximum atomic E-state index is 14.4. The minimum absolute atomic E-state index is 0.263. The lowest BCUT2D eigenvalue weighted by molar-refractivity contribution is 0.312. The van der Waals surface area contributed by atoms with Crippen molar-refractivity contribution in [3.8, 4) is 23.0 Å². The molecule has 0 aliphatic heterocycles. The van der Waals surface area contributed by atoms with E-state index in [0.29, 0.717) is 93.3 Å². The summed E-state index contributed by atoms with van der Waals surface area (Å²) in [6, 6.07) is 28.2. The van der Waals surface area contributed by atoms with E-state index in [-0.39, 0.29) is 21.5 Å². The Morgan fingerprint density at radius 1 is 0.355 bits per heavy atom. The number of hydrogen-bond donors (Lipinski definition) is 4. The van der Waals surface area contributed by atoms with E-state index in [2.05, 4.69) is 47.6 Å². The van der Waals surface area contributed by atoms with Gasteiger partial charge in [0.2, 0.25) is 0 Å². The summed E-state index contributed by atoms with van der Waals surface area (Å²) in [5.41, 5.74) is 4.29. The van der Waals surface area contributed by atoms with Gasteiger partial charge in [0.25, 0.3) is 22.2 Å². The van der Waals surface area contributed by atoms with Crippen LogP contribution in [0.3, 0.4) is 0 Å². The number of nitrogens with one attached hydrogen (secondary N) is 4. The van der Waals surface area contributed by atoms with Crippen LogP contribution < -0.4 is 41.2 Å². The second-order valence-corrected chi connectivity index (χ2v) is 19.0. The largest absolute Gasteiger partial charge is 0.493 e. The van der Waals surface area contributed by atoms with Crippen LogP contribution in [0.15, 0.2) is 129 Å². The highest BCUT2D eigenvalue weighted by Crippen LogP contribution is 2.24. The van der Waals surface area contributed by atoms with Crippen molar-refractivity contribution in [2.45, 2.75) is 107 Å². The predicted octanol–water partition coefficient (Wildman–Crippen LogP) is 13.2. The van der Waals surface area contributed by atoms with Gasteiger partial charge in [0.15, 0.2) is 0 Å². The van der Waals surface area contributed by atoms with Crippen molar-refractivity contribution >= 4 is 65.4 Å². The SMILES string of the molecule is CCCCOc1ccc2cnc3ccc(OCCCC)c(c3)c(=O)[nH]c3cc([nH]c(=O)c4cc(ccc4OCCCC)cnc4ccc(OCCCC)c(c4)c(=O)[nH]c4cc([nH]c(=O)c1c2)c(C)cc4C)c(C)cc3C. The topological polar surface area (TPSA) is 194 Å². The maximum absolute atomic E-state index is 14.4. The fraction of sp³-hybridized carbons (Fsp3) is 0.323. The molecular weight excluding hydrogens is 957 g/mol. The van der Waals surface area contributed by atoms with Gasteiger partial charge >= 0.3 is 0 Å². The van der Waals surface area contributed by atoms with Crippen molar-refractivity contribution in [2.24, 2.45) is 0 Å². The van der Waals surface area contributed by atoms with Crippen molar-refractivity contribution < 1.29 is 18.9 Å². The Morgan fingerprint density at radius 2 is 0.632 bits per heavy atom. The Kier molecular flexibility index (Phi) is 19.6. The Bertz CT molecular complexity index is 3350. The van der Waals surface area contributed by atoms with Crippen LogP contribution >= 0.6 is 0 Å². The number of ether oxygens (including phenoxy) is 4. The highest BCUT2D eigenvalue weighted by molar-refractivity contribution is 5.78. The first-order valence-corrected chi connectivity index (χ1v) is 26.4. The number of aromatic nitrogens is 6. The number of rotatable bonds is 16. The number of aromatic amines is 4. The lowest BCUT2D eigenvalue weighted by atomic mass is 10.1. The van der Waals surface area contributed by atoms with Gasteiger partial charge in [-0.1, -0.05) is 65.5 Å². The molecule has 0 spiro atoms. The van der Waals surface area contributed by atoms with Gasteiger partial charge in [-0.25, -0.2) is 0 Å². The van der Waals surface area contributed by atoms with Gasteiger partial charge in [-0.15, -0.1) is 0 Å². The predicted molar refractivity (Wildman–Crippen MR) is 309 cm³/mol. The van der Waals surface area contributed by atoms with Gasteiger partial charge in [-0.3, -0.25) is 29.1 Å². The second-order valence-electron chi connectivity index (χ2n) is 19.0. The average molecular weight is 1030 g/mol. The molecule has 12 bridgehead atoms. The van der Waals surface area contributed by atoms with Crippen LogP contribution in [0.1, 0.15) is 101 Å². The number of unbranched alkanes of at least 4 members (excludes halogenated alkanes) is 4. The van der Waals surface area contributed by atoms with E-state index in [1.807, 2.05) is 52.0 Å². The number of nitrogens with zero attached hydrogens (tertiary/aromatic N) is 2. The van der Waals surface area contributed by atoms with Crippen molar-refractivity contribution in [3.63, 3.8) is 0 Å². The molecule has 14 heteroatoms. The van der Waals surface area contributed by atoms with E-state index in [1.165, 1.54) is 0 Å². The third-order valence-corrected chi connectivity index (χ3v) is 12.8. The van der Waals surface area contributed by atoms with Crippen molar-refractivity contribution in [1.29, 1.82) is 0 Å². The molecule has 0 saturated heterocycles. The average Bonchev–Trinajstić information content (AvgIpc) is 3.41. The molecular formula is C62H70N6O8. The summed E-state index contributed by atoms with van der Waals surface area (Å²) < 4.78 is 24.6. The normalized spacial score (nSPS) is 10.9. The molecule has 0 aliphatic carbocycles. The fourth-order valence-electron chi connectivity index (χ4n) is 8.27. The standard InChI is InChI=1S/C62H70N6O8/c1-9-13-25-73-55-21-17-43-31-47(55)59(69)65-51-35-53(41(7)29-39(51)5)67-61(71)50-34-46(20-24-58(50)76-28-16-12-4)64-38-44-18-22-56(74-26-14-10-2)48(32-44)60(70)66-52-36-54(42(8)30-40(52)6)68-62(72)49-33-45(63-37-43)19-23-57(49)75-27-15-11-3/h17-24,29-38H,9-16,25-28H2,1-8H3,(H,65,69)(H,66,70)(H,67,71)(H,68,72). The quantitative estimate of drug-likeness (QED) is 0.0677. The summed E-state index contributed by atoms with van der Waals surface area (Å²) in [7, 11) is 0. The van der Waals surface area contributed by atoms with E-state index in [1.54, 1.807) is 85.2 Å². The zero-order valence-corrected chi connectivity index (χ0v) is 45.0. The lowest BCUT2D eigenvalue weighted by Crippen LogP contribution is -2.08. The molecule has 0 amide bonds. The Labute approximate surface area is 441 Å². The van der Waals surface area contributed by atoms with Crippen LogP contribution in [0, 0.1) is 27.7 Å². The Morgan fingerprint density at radius 3 is 0.921 bits per heavy atom. The van der Waals surface area contributed by atoms with Crippen molar-refractivity contribution in [1.82, 2.24) is 29.9 Å². The first-order valence-electron chi connectivity index (χ1n) is 26.4. The van der Waals surface area contributed by atoms with Crippen LogP contribution in [-0.4, -0.2) is 56.3 Å². The van der Waals surface area contributed by atoms with Crippen LogP contribution in [0.2, 0.25) is 0 Å². The van der Waals surface area contributed by atoms with Crippen molar-refractivity contribution in [3.05, 3.63) is 173 Å². The number of H-pyrrole nitrogens is 4. The zero-order valence-electron chi connectivity index (χ0n) is 45.0. The van der Waals surface area contributed by atoms with Crippen LogP contribution in [-0.2, 0) is 0 Å². The van der Waals surface area contributed by atoms with Gasteiger partial charge in [-0.2, -0.15) is 0 Å². The van der Waals surface area contributed by atoms with E-state index >= 15 is 0 Å². The smallest absolute Gasteiger partial charge is 0.259 e. The molecule has 0 saturated carbocycles. The van der Waals surface area contributed by atoms with Crippen LogP contribution in [0.25, 0.3) is 65.4 Å². The highest BCUT2D eigenvalue weighted by atomic mass is 16.5.